The molecular weight excluding hydrogens is 262 g/mol. The second-order valence-electron chi connectivity index (χ2n) is 5.79. The van der Waals surface area contributed by atoms with Crippen molar-refractivity contribution in [2.24, 2.45) is 0 Å². The zero-order valence-electron chi connectivity index (χ0n) is 12.3. The lowest BCUT2D eigenvalue weighted by Crippen LogP contribution is -2.04. The molecule has 0 saturated carbocycles. The Hall–Kier alpha value is -2.13. The first kappa shape index (κ1) is 13.8. The van der Waals surface area contributed by atoms with E-state index in [4.69, 9.17) is 0 Å². The van der Waals surface area contributed by atoms with Gasteiger partial charge in [-0.15, -0.1) is 0 Å². The Labute approximate surface area is 124 Å². The fourth-order valence-electron chi connectivity index (χ4n) is 2.80. The lowest BCUT2D eigenvalue weighted by Gasteiger charge is -2.14. The van der Waals surface area contributed by atoms with E-state index in [1.165, 1.54) is 11.1 Å². The van der Waals surface area contributed by atoms with Crippen LogP contribution < -0.4 is 5.32 Å². The first-order valence-corrected chi connectivity index (χ1v) is 7.20. The van der Waals surface area contributed by atoms with Crippen LogP contribution in [0, 0.1) is 13.8 Å². The van der Waals surface area contributed by atoms with Crippen LogP contribution in [0.1, 0.15) is 33.9 Å². The van der Waals surface area contributed by atoms with E-state index in [-0.39, 0.29) is 5.91 Å². The van der Waals surface area contributed by atoms with Crippen molar-refractivity contribution in [1.82, 2.24) is 0 Å². The van der Waals surface area contributed by atoms with Crippen LogP contribution in [-0.2, 0) is 17.6 Å². The number of aryl methyl sites for hydroxylation is 2. The summed E-state index contributed by atoms with van der Waals surface area (Å²) in [5.74, 6) is 0.0196. The van der Waals surface area contributed by atoms with Gasteiger partial charge in [0.2, 0.25) is 5.91 Å². The number of rotatable bonds is 3. The summed E-state index contributed by atoms with van der Waals surface area (Å²) in [6, 6.07) is 12.0. The molecule has 108 valence electrons. The van der Waals surface area contributed by atoms with E-state index in [1.807, 2.05) is 18.2 Å². The van der Waals surface area contributed by atoms with Crippen LogP contribution in [0.4, 0.5) is 5.69 Å². The number of anilines is 1. The van der Waals surface area contributed by atoms with Gasteiger partial charge in [0.15, 0.2) is 0 Å². The number of benzene rings is 2. The van der Waals surface area contributed by atoms with E-state index in [1.54, 1.807) is 0 Å². The normalized spacial score (nSPS) is 14.7. The number of amides is 1. The van der Waals surface area contributed by atoms with Crippen molar-refractivity contribution in [2.75, 3.05) is 5.32 Å². The molecule has 21 heavy (non-hydrogen) atoms. The Morgan fingerprint density at radius 2 is 2.00 bits per heavy atom. The third-order valence-electron chi connectivity index (χ3n) is 4.06. The molecule has 1 unspecified atom stereocenters. The summed E-state index contributed by atoms with van der Waals surface area (Å²) in [6.07, 6.45) is 0.444. The first-order valence-electron chi connectivity index (χ1n) is 7.20. The minimum atomic E-state index is -0.550. The number of nitrogens with one attached hydrogen (secondary N) is 1. The minimum absolute atomic E-state index is 0.0196. The Bertz CT molecular complexity index is 706. The quantitative estimate of drug-likeness (QED) is 0.908. The smallest absolute Gasteiger partial charge is 0.228 e. The maximum Gasteiger partial charge on any atom is 0.228 e. The Morgan fingerprint density at radius 1 is 1.19 bits per heavy atom. The topological polar surface area (TPSA) is 49.3 Å². The van der Waals surface area contributed by atoms with E-state index in [9.17, 15) is 9.90 Å². The van der Waals surface area contributed by atoms with Gasteiger partial charge in [0.1, 0.15) is 0 Å². The highest BCUT2D eigenvalue weighted by atomic mass is 16.3. The molecule has 0 aromatic heterocycles. The predicted octanol–water partition coefficient (Wildman–Crippen LogP) is 3.07. The first-order chi connectivity index (χ1) is 10.0. The molecule has 1 heterocycles. The van der Waals surface area contributed by atoms with E-state index in [0.717, 1.165) is 22.4 Å². The number of fused-ring (bicyclic) bond motifs is 1. The molecule has 2 N–H and O–H groups in total. The standard InChI is InChI=1S/C18H19NO2/c1-11-3-4-12(2)14(7-11)9-17(20)13-5-6-16-15(8-13)10-18(21)19-16/h3-8,17,20H,9-10H2,1-2H3,(H,19,21). The lowest BCUT2D eigenvalue weighted by molar-refractivity contribution is -0.115. The Kier molecular flexibility index (Phi) is 3.52. The molecule has 3 heteroatoms. The molecule has 0 radical (unpaired) electrons. The number of hydrogen-bond donors (Lipinski definition) is 2. The summed E-state index contributed by atoms with van der Waals surface area (Å²) >= 11 is 0. The van der Waals surface area contributed by atoms with Gasteiger partial charge in [-0.05, 0) is 42.2 Å². The molecule has 3 nitrogen and oxygen atoms in total. The highest BCUT2D eigenvalue weighted by molar-refractivity contribution is 5.99. The zero-order valence-corrected chi connectivity index (χ0v) is 12.3. The average Bonchev–Trinajstić information content (AvgIpc) is 2.81. The molecule has 0 spiro atoms. The van der Waals surface area contributed by atoms with Crippen molar-refractivity contribution in [3.63, 3.8) is 0 Å². The third kappa shape index (κ3) is 2.83. The largest absolute Gasteiger partial charge is 0.388 e. The van der Waals surface area contributed by atoms with Crippen molar-refractivity contribution >= 4 is 11.6 Å². The molecule has 0 saturated heterocycles. The average molecular weight is 281 g/mol. The Balaban J connectivity index is 1.83. The number of hydrogen-bond acceptors (Lipinski definition) is 2. The maximum absolute atomic E-state index is 11.4. The van der Waals surface area contributed by atoms with Crippen LogP contribution in [-0.4, -0.2) is 11.0 Å². The molecule has 1 aliphatic rings. The fraction of sp³-hybridized carbons (Fsp3) is 0.278. The van der Waals surface area contributed by atoms with Crippen molar-refractivity contribution in [2.45, 2.75) is 32.8 Å². The van der Waals surface area contributed by atoms with Crippen molar-refractivity contribution in [3.8, 4) is 0 Å². The zero-order chi connectivity index (χ0) is 15.0. The van der Waals surface area contributed by atoms with Crippen LogP contribution in [0.5, 0.6) is 0 Å². The highest BCUT2D eigenvalue weighted by Crippen LogP contribution is 2.28. The van der Waals surface area contributed by atoms with E-state index < -0.39 is 6.10 Å². The van der Waals surface area contributed by atoms with Gasteiger partial charge in [0, 0.05) is 12.1 Å². The number of aliphatic hydroxyl groups is 1. The number of carbonyl (C=O) groups is 1. The molecule has 3 rings (SSSR count). The summed E-state index contributed by atoms with van der Waals surface area (Å²) < 4.78 is 0. The monoisotopic (exact) mass is 281 g/mol. The van der Waals surface area contributed by atoms with Crippen LogP contribution >= 0.6 is 0 Å². The molecular formula is C18H19NO2. The predicted molar refractivity (Wildman–Crippen MR) is 83.4 cm³/mol. The Morgan fingerprint density at radius 3 is 2.81 bits per heavy atom. The van der Waals surface area contributed by atoms with Crippen LogP contribution in [0.3, 0.4) is 0 Å². The molecule has 1 atom stereocenters. The molecule has 2 aromatic rings. The second kappa shape index (κ2) is 5.34. The maximum atomic E-state index is 11.4. The molecule has 0 bridgehead atoms. The second-order valence-corrected chi connectivity index (χ2v) is 5.79. The van der Waals surface area contributed by atoms with E-state index >= 15 is 0 Å². The molecule has 1 aliphatic heterocycles. The summed E-state index contributed by atoms with van der Waals surface area (Å²) in [6.45, 7) is 4.12. The molecule has 0 fully saturated rings. The molecule has 1 amide bonds. The summed E-state index contributed by atoms with van der Waals surface area (Å²) in [5, 5.41) is 13.3. The number of carbonyl (C=O) groups excluding carboxylic acids is 1. The summed E-state index contributed by atoms with van der Waals surface area (Å²) in [4.78, 5) is 11.4. The summed E-state index contributed by atoms with van der Waals surface area (Å²) in [5.41, 5.74) is 6.26. The van der Waals surface area contributed by atoms with Gasteiger partial charge in [0.05, 0.1) is 12.5 Å². The van der Waals surface area contributed by atoms with Gasteiger partial charge in [-0.2, -0.15) is 0 Å². The van der Waals surface area contributed by atoms with Gasteiger partial charge in [-0.25, -0.2) is 0 Å². The summed E-state index contributed by atoms with van der Waals surface area (Å²) in [7, 11) is 0. The van der Waals surface area contributed by atoms with Gasteiger partial charge in [-0.1, -0.05) is 35.9 Å². The van der Waals surface area contributed by atoms with Gasteiger partial charge < -0.3 is 10.4 Å². The van der Waals surface area contributed by atoms with Crippen LogP contribution in [0.15, 0.2) is 36.4 Å². The van der Waals surface area contributed by atoms with Crippen molar-refractivity contribution in [1.29, 1.82) is 0 Å². The highest BCUT2D eigenvalue weighted by Gasteiger charge is 2.19. The van der Waals surface area contributed by atoms with Crippen molar-refractivity contribution < 1.29 is 9.90 Å². The molecule has 2 aromatic carbocycles. The number of aliphatic hydroxyl groups excluding tert-OH is 1. The molecule has 0 aliphatic carbocycles. The van der Waals surface area contributed by atoms with Gasteiger partial charge >= 0.3 is 0 Å². The van der Waals surface area contributed by atoms with Gasteiger partial charge in [0.25, 0.3) is 0 Å². The van der Waals surface area contributed by atoms with Crippen molar-refractivity contribution in [3.05, 3.63) is 64.2 Å². The fourth-order valence-corrected chi connectivity index (χ4v) is 2.80. The SMILES string of the molecule is Cc1ccc(C)c(CC(O)c2ccc3c(c2)CC(=O)N3)c1. The van der Waals surface area contributed by atoms with Crippen LogP contribution in [0.2, 0.25) is 0 Å². The van der Waals surface area contributed by atoms with E-state index in [2.05, 4.69) is 37.4 Å². The van der Waals surface area contributed by atoms with Crippen LogP contribution in [0.25, 0.3) is 0 Å². The minimum Gasteiger partial charge on any atom is -0.388 e. The lowest BCUT2D eigenvalue weighted by atomic mass is 9.95. The van der Waals surface area contributed by atoms with E-state index in [0.29, 0.717) is 12.8 Å². The van der Waals surface area contributed by atoms with Gasteiger partial charge in [-0.3, -0.25) is 4.79 Å². The third-order valence-corrected chi connectivity index (χ3v) is 4.06.